The summed E-state index contributed by atoms with van der Waals surface area (Å²) in [7, 11) is 0. The third-order valence-corrected chi connectivity index (χ3v) is 3.62. The summed E-state index contributed by atoms with van der Waals surface area (Å²) in [6.45, 7) is 4.43. The lowest BCUT2D eigenvalue weighted by Crippen LogP contribution is -2.41. The van der Waals surface area contributed by atoms with Crippen LogP contribution in [0.2, 0.25) is 0 Å². The van der Waals surface area contributed by atoms with Gasteiger partial charge in [-0.3, -0.25) is 4.90 Å². The Balaban J connectivity index is 1.96. The molecule has 1 aliphatic rings. The smallest absolute Gasteiger partial charge is 0.0236 e. The van der Waals surface area contributed by atoms with Crippen molar-refractivity contribution in [3.05, 3.63) is 35.9 Å². The van der Waals surface area contributed by atoms with Gasteiger partial charge in [0.1, 0.15) is 0 Å². The van der Waals surface area contributed by atoms with Crippen LogP contribution in [0.3, 0.4) is 0 Å². The second-order valence-corrected chi connectivity index (χ2v) is 5.32. The Morgan fingerprint density at radius 2 is 2.06 bits per heavy atom. The predicted molar refractivity (Wildman–Crippen MR) is 72.8 cm³/mol. The van der Waals surface area contributed by atoms with E-state index in [1.165, 1.54) is 31.4 Å². The average molecular weight is 232 g/mol. The Labute approximate surface area is 105 Å². The number of hydrogen-bond acceptors (Lipinski definition) is 2. The topological polar surface area (TPSA) is 29.3 Å². The lowest BCUT2D eigenvalue weighted by Gasteiger charge is -2.36. The summed E-state index contributed by atoms with van der Waals surface area (Å²) in [5.74, 6) is 0. The van der Waals surface area contributed by atoms with E-state index in [0.717, 1.165) is 13.0 Å². The molecule has 1 saturated heterocycles. The number of hydrogen-bond donors (Lipinski definition) is 1. The van der Waals surface area contributed by atoms with Crippen LogP contribution in [-0.2, 0) is 6.54 Å². The summed E-state index contributed by atoms with van der Waals surface area (Å²) in [6, 6.07) is 11.8. The zero-order valence-corrected chi connectivity index (χ0v) is 10.8. The highest BCUT2D eigenvalue weighted by Crippen LogP contribution is 2.22. The van der Waals surface area contributed by atoms with Crippen molar-refractivity contribution in [3.63, 3.8) is 0 Å². The Hall–Kier alpha value is -0.860. The van der Waals surface area contributed by atoms with E-state index in [-0.39, 0.29) is 0 Å². The molecule has 1 aromatic rings. The second-order valence-electron chi connectivity index (χ2n) is 5.32. The maximum absolute atomic E-state index is 5.95. The molecule has 1 aromatic carbocycles. The number of nitrogens with zero attached hydrogens (tertiary/aromatic N) is 1. The molecule has 2 N–H and O–H groups in total. The first-order chi connectivity index (χ1) is 8.25. The van der Waals surface area contributed by atoms with Crippen LogP contribution in [0.4, 0.5) is 0 Å². The fourth-order valence-corrected chi connectivity index (χ4v) is 2.78. The van der Waals surface area contributed by atoms with Crippen LogP contribution in [0.1, 0.15) is 38.2 Å². The zero-order chi connectivity index (χ0) is 12.1. The van der Waals surface area contributed by atoms with E-state index < -0.39 is 0 Å². The van der Waals surface area contributed by atoms with Crippen molar-refractivity contribution in [3.8, 4) is 0 Å². The molecule has 1 heterocycles. The van der Waals surface area contributed by atoms with Crippen LogP contribution < -0.4 is 5.73 Å². The van der Waals surface area contributed by atoms with Gasteiger partial charge >= 0.3 is 0 Å². The summed E-state index contributed by atoms with van der Waals surface area (Å²) in [5, 5.41) is 0. The summed E-state index contributed by atoms with van der Waals surface area (Å²) in [4.78, 5) is 2.61. The van der Waals surface area contributed by atoms with Gasteiger partial charge in [0.15, 0.2) is 0 Å². The predicted octanol–water partition coefficient (Wildman–Crippen LogP) is 2.78. The summed E-state index contributed by atoms with van der Waals surface area (Å²) in [5.41, 5.74) is 7.37. The molecule has 17 heavy (non-hydrogen) atoms. The van der Waals surface area contributed by atoms with Gasteiger partial charge in [0.05, 0.1) is 0 Å². The SMILES string of the molecule is C[C@@H](N)CC1CCCCN1Cc1ccccc1. The van der Waals surface area contributed by atoms with Crippen molar-refractivity contribution >= 4 is 0 Å². The van der Waals surface area contributed by atoms with E-state index in [0.29, 0.717) is 12.1 Å². The lowest BCUT2D eigenvalue weighted by atomic mass is 9.96. The summed E-state index contributed by atoms with van der Waals surface area (Å²) in [6.07, 6.45) is 5.15. The maximum Gasteiger partial charge on any atom is 0.0236 e. The summed E-state index contributed by atoms with van der Waals surface area (Å²) >= 11 is 0. The van der Waals surface area contributed by atoms with Gasteiger partial charge in [0, 0.05) is 18.6 Å². The largest absolute Gasteiger partial charge is 0.328 e. The Bertz CT molecular complexity index is 321. The maximum atomic E-state index is 5.95. The number of nitrogens with two attached hydrogens (primary N) is 1. The molecule has 0 radical (unpaired) electrons. The van der Waals surface area contributed by atoms with Gasteiger partial charge in [-0.15, -0.1) is 0 Å². The quantitative estimate of drug-likeness (QED) is 0.865. The van der Waals surface area contributed by atoms with E-state index in [1.54, 1.807) is 0 Å². The molecular weight excluding hydrogens is 208 g/mol. The van der Waals surface area contributed by atoms with Crippen LogP contribution in [0.25, 0.3) is 0 Å². The van der Waals surface area contributed by atoms with Crippen molar-refractivity contribution in [1.82, 2.24) is 4.90 Å². The van der Waals surface area contributed by atoms with E-state index in [2.05, 4.69) is 42.2 Å². The highest BCUT2D eigenvalue weighted by molar-refractivity contribution is 5.14. The second kappa shape index (κ2) is 6.18. The van der Waals surface area contributed by atoms with E-state index in [4.69, 9.17) is 5.73 Å². The minimum absolute atomic E-state index is 0.316. The van der Waals surface area contributed by atoms with E-state index in [1.807, 2.05) is 0 Å². The molecule has 94 valence electrons. The molecule has 1 unspecified atom stereocenters. The molecule has 0 saturated carbocycles. The van der Waals surface area contributed by atoms with Gasteiger partial charge in [0.2, 0.25) is 0 Å². The molecule has 0 amide bonds. The van der Waals surface area contributed by atoms with Crippen molar-refractivity contribution in [1.29, 1.82) is 0 Å². The average Bonchev–Trinajstić information content (AvgIpc) is 2.32. The van der Waals surface area contributed by atoms with Gasteiger partial charge in [-0.2, -0.15) is 0 Å². The van der Waals surface area contributed by atoms with Crippen LogP contribution in [0, 0.1) is 0 Å². The normalized spacial score (nSPS) is 23.5. The molecule has 2 atom stereocenters. The number of benzene rings is 1. The molecule has 2 heteroatoms. The van der Waals surface area contributed by atoms with Crippen LogP contribution in [0.15, 0.2) is 30.3 Å². The third-order valence-electron chi connectivity index (χ3n) is 3.62. The minimum atomic E-state index is 0.316. The standard InChI is InChI=1S/C15H24N2/c1-13(16)11-15-9-5-6-10-17(15)12-14-7-3-2-4-8-14/h2-4,7-8,13,15H,5-6,9-12,16H2,1H3/t13-,15?/m1/s1. The molecular formula is C15H24N2. The van der Waals surface area contributed by atoms with Crippen molar-refractivity contribution in [2.45, 2.75) is 51.2 Å². The third kappa shape index (κ3) is 3.83. The molecule has 1 fully saturated rings. The lowest BCUT2D eigenvalue weighted by molar-refractivity contribution is 0.127. The van der Waals surface area contributed by atoms with Gasteiger partial charge in [-0.25, -0.2) is 0 Å². The monoisotopic (exact) mass is 232 g/mol. The fraction of sp³-hybridized carbons (Fsp3) is 0.600. The minimum Gasteiger partial charge on any atom is -0.328 e. The first kappa shape index (κ1) is 12.6. The summed E-state index contributed by atoms with van der Waals surface area (Å²) < 4.78 is 0. The number of piperidine rings is 1. The molecule has 0 bridgehead atoms. The molecule has 2 rings (SSSR count). The highest BCUT2D eigenvalue weighted by atomic mass is 15.2. The van der Waals surface area contributed by atoms with Gasteiger partial charge in [-0.05, 0) is 38.3 Å². The molecule has 1 aliphatic heterocycles. The Morgan fingerprint density at radius 1 is 1.29 bits per heavy atom. The fourth-order valence-electron chi connectivity index (χ4n) is 2.78. The molecule has 0 spiro atoms. The Morgan fingerprint density at radius 3 is 2.76 bits per heavy atom. The zero-order valence-electron chi connectivity index (χ0n) is 10.8. The number of likely N-dealkylation sites (tertiary alicyclic amines) is 1. The molecule has 2 nitrogen and oxygen atoms in total. The van der Waals surface area contributed by atoms with Gasteiger partial charge < -0.3 is 5.73 Å². The number of rotatable bonds is 4. The van der Waals surface area contributed by atoms with E-state index in [9.17, 15) is 0 Å². The highest BCUT2D eigenvalue weighted by Gasteiger charge is 2.22. The molecule has 0 aromatic heterocycles. The van der Waals surface area contributed by atoms with Gasteiger partial charge in [-0.1, -0.05) is 36.8 Å². The van der Waals surface area contributed by atoms with Crippen LogP contribution >= 0.6 is 0 Å². The van der Waals surface area contributed by atoms with Crippen molar-refractivity contribution in [2.75, 3.05) is 6.54 Å². The van der Waals surface area contributed by atoms with Crippen LogP contribution in [0.5, 0.6) is 0 Å². The van der Waals surface area contributed by atoms with E-state index >= 15 is 0 Å². The van der Waals surface area contributed by atoms with Crippen molar-refractivity contribution in [2.24, 2.45) is 5.73 Å². The van der Waals surface area contributed by atoms with Crippen LogP contribution in [-0.4, -0.2) is 23.5 Å². The van der Waals surface area contributed by atoms with Crippen molar-refractivity contribution < 1.29 is 0 Å². The first-order valence-corrected chi connectivity index (χ1v) is 6.79. The Kier molecular flexibility index (Phi) is 4.57. The molecule has 0 aliphatic carbocycles. The first-order valence-electron chi connectivity index (χ1n) is 6.79. The van der Waals surface area contributed by atoms with Gasteiger partial charge in [0.25, 0.3) is 0 Å².